The Bertz CT molecular complexity index is 907. The van der Waals surface area contributed by atoms with Gasteiger partial charge in [0.25, 0.3) is 0 Å². The van der Waals surface area contributed by atoms with E-state index in [0.717, 1.165) is 5.69 Å². The number of hydrogen-bond acceptors (Lipinski definition) is 5. The topological polar surface area (TPSA) is 91.0 Å². The molecule has 29 heavy (non-hydrogen) atoms. The zero-order chi connectivity index (χ0) is 20.8. The molecule has 3 rings (SSSR count). The molecule has 2 N–H and O–H groups in total. The van der Waals surface area contributed by atoms with Gasteiger partial charge in [0, 0.05) is 44.5 Å². The predicted molar refractivity (Wildman–Crippen MR) is 111 cm³/mol. The second-order valence-electron chi connectivity index (χ2n) is 6.67. The number of carbonyl (C=O) groups is 3. The van der Waals surface area contributed by atoms with E-state index in [1.807, 2.05) is 12.1 Å². The Hall–Kier alpha value is -3.55. The van der Waals surface area contributed by atoms with Crippen LogP contribution in [0, 0.1) is 0 Å². The van der Waals surface area contributed by atoms with Crippen LogP contribution in [0.5, 0.6) is 0 Å². The van der Waals surface area contributed by atoms with Crippen LogP contribution in [-0.2, 0) is 9.53 Å². The van der Waals surface area contributed by atoms with Gasteiger partial charge in [0.05, 0.1) is 18.4 Å². The third-order valence-corrected chi connectivity index (χ3v) is 4.65. The number of para-hydroxylation sites is 1. The molecule has 2 aromatic carbocycles. The average Bonchev–Trinajstić information content (AvgIpc) is 2.73. The summed E-state index contributed by atoms with van der Waals surface area (Å²) < 4.78 is 4.86. The van der Waals surface area contributed by atoms with E-state index in [9.17, 15) is 14.4 Å². The summed E-state index contributed by atoms with van der Waals surface area (Å²) in [5, 5.41) is 5.55. The number of nitrogens with one attached hydrogen (secondary N) is 2. The van der Waals surface area contributed by atoms with Crippen molar-refractivity contribution in [3.05, 3.63) is 54.1 Å². The summed E-state index contributed by atoms with van der Waals surface area (Å²) in [6.45, 7) is 3.68. The molecule has 0 atom stereocenters. The number of anilines is 3. The average molecular weight is 396 g/mol. The number of piperazine rings is 1. The standard InChI is InChI=1S/C21H24N4O4/c1-15(26)22-16-6-5-7-17(14-16)23-21(28)25-12-10-24(11-13-25)19-9-4-3-8-18(19)20(27)29-2/h3-9,14H,10-13H2,1-2H3,(H,22,26)(H,23,28). The number of urea groups is 1. The Balaban J connectivity index is 1.61. The zero-order valence-electron chi connectivity index (χ0n) is 16.5. The Morgan fingerprint density at radius 1 is 0.897 bits per heavy atom. The summed E-state index contributed by atoms with van der Waals surface area (Å²) in [5.74, 6) is -0.545. The maximum absolute atomic E-state index is 12.6. The van der Waals surface area contributed by atoms with Crippen LogP contribution in [0.4, 0.5) is 21.9 Å². The molecule has 2 aromatic rings. The smallest absolute Gasteiger partial charge is 0.339 e. The molecule has 0 saturated carbocycles. The fourth-order valence-corrected chi connectivity index (χ4v) is 3.26. The molecule has 8 nitrogen and oxygen atoms in total. The van der Waals surface area contributed by atoms with Gasteiger partial charge >= 0.3 is 12.0 Å². The maximum atomic E-state index is 12.6. The normalized spacial score (nSPS) is 13.6. The van der Waals surface area contributed by atoms with Gasteiger partial charge in [-0.15, -0.1) is 0 Å². The first kappa shape index (κ1) is 20.2. The van der Waals surface area contributed by atoms with Gasteiger partial charge < -0.3 is 25.2 Å². The Morgan fingerprint density at radius 3 is 2.21 bits per heavy atom. The molecule has 0 aromatic heterocycles. The molecule has 1 heterocycles. The lowest BCUT2D eigenvalue weighted by molar-refractivity contribution is -0.114. The van der Waals surface area contributed by atoms with Crippen molar-refractivity contribution in [2.45, 2.75) is 6.92 Å². The summed E-state index contributed by atoms with van der Waals surface area (Å²) in [6.07, 6.45) is 0. The fourth-order valence-electron chi connectivity index (χ4n) is 3.26. The van der Waals surface area contributed by atoms with Gasteiger partial charge in [0.2, 0.25) is 5.91 Å². The Morgan fingerprint density at radius 2 is 1.55 bits per heavy atom. The van der Waals surface area contributed by atoms with Gasteiger partial charge in [-0.05, 0) is 30.3 Å². The quantitative estimate of drug-likeness (QED) is 0.776. The van der Waals surface area contributed by atoms with Gasteiger partial charge in [0.15, 0.2) is 0 Å². The zero-order valence-corrected chi connectivity index (χ0v) is 16.5. The number of hydrogen-bond donors (Lipinski definition) is 2. The van der Waals surface area contributed by atoms with Crippen LogP contribution in [0.15, 0.2) is 48.5 Å². The number of carbonyl (C=O) groups excluding carboxylic acids is 3. The van der Waals surface area contributed by atoms with Crippen molar-refractivity contribution in [1.29, 1.82) is 0 Å². The van der Waals surface area contributed by atoms with Gasteiger partial charge in [-0.1, -0.05) is 18.2 Å². The molecule has 0 unspecified atom stereocenters. The lowest BCUT2D eigenvalue weighted by Gasteiger charge is -2.36. The highest BCUT2D eigenvalue weighted by Crippen LogP contribution is 2.23. The summed E-state index contributed by atoms with van der Waals surface area (Å²) in [7, 11) is 1.36. The molecule has 0 radical (unpaired) electrons. The van der Waals surface area contributed by atoms with E-state index in [1.165, 1.54) is 14.0 Å². The van der Waals surface area contributed by atoms with E-state index in [4.69, 9.17) is 4.74 Å². The molecule has 1 aliphatic heterocycles. The van der Waals surface area contributed by atoms with E-state index in [0.29, 0.717) is 43.1 Å². The minimum Gasteiger partial charge on any atom is -0.465 e. The SMILES string of the molecule is COC(=O)c1ccccc1N1CCN(C(=O)Nc2cccc(NC(C)=O)c2)CC1. The number of benzene rings is 2. The number of esters is 1. The maximum Gasteiger partial charge on any atom is 0.339 e. The number of rotatable bonds is 4. The largest absolute Gasteiger partial charge is 0.465 e. The fraction of sp³-hybridized carbons (Fsp3) is 0.286. The van der Waals surface area contributed by atoms with Crippen LogP contribution in [0.25, 0.3) is 0 Å². The molecule has 1 fully saturated rings. The van der Waals surface area contributed by atoms with Crippen LogP contribution < -0.4 is 15.5 Å². The van der Waals surface area contributed by atoms with Crippen molar-refractivity contribution in [1.82, 2.24) is 4.90 Å². The molecule has 0 spiro atoms. The molecule has 0 bridgehead atoms. The molecule has 0 aliphatic carbocycles. The van der Waals surface area contributed by atoms with Crippen molar-refractivity contribution >= 4 is 35.0 Å². The lowest BCUT2D eigenvalue weighted by atomic mass is 10.1. The second kappa shape index (κ2) is 9.09. The lowest BCUT2D eigenvalue weighted by Crippen LogP contribution is -2.50. The van der Waals surface area contributed by atoms with Gasteiger partial charge in [-0.2, -0.15) is 0 Å². The highest BCUT2D eigenvalue weighted by Gasteiger charge is 2.24. The first-order valence-electron chi connectivity index (χ1n) is 9.34. The van der Waals surface area contributed by atoms with Crippen molar-refractivity contribution in [3.63, 3.8) is 0 Å². The van der Waals surface area contributed by atoms with Crippen LogP contribution in [0.1, 0.15) is 17.3 Å². The number of nitrogens with zero attached hydrogens (tertiary/aromatic N) is 2. The first-order chi connectivity index (χ1) is 14.0. The highest BCUT2D eigenvalue weighted by atomic mass is 16.5. The van der Waals surface area contributed by atoms with E-state index in [-0.39, 0.29) is 17.9 Å². The summed E-state index contributed by atoms with van der Waals surface area (Å²) in [4.78, 5) is 39.6. The predicted octanol–water partition coefficient (Wildman–Crippen LogP) is 2.79. The molecule has 3 amide bonds. The molecule has 1 aliphatic rings. The monoisotopic (exact) mass is 396 g/mol. The van der Waals surface area contributed by atoms with Crippen LogP contribution in [0.2, 0.25) is 0 Å². The van der Waals surface area contributed by atoms with Crippen molar-refractivity contribution < 1.29 is 19.1 Å². The van der Waals surface area contributed by atoms with Gasteiger partial charge in [-0.25, -0.2) is 9.59 Å². The summed E-state index contributed by atoms with van der Waals surface area (Å²) in [5.41, 5.74) is 2.56. The van der Waals surface area contributed by atoms with Crippen molar-refractivity contribution in [2.24, 2.45) is 0 Å². The van der Waals surface area contributed by atoms with Crippen LogP contribution in [-0.4, -0.2) is 56.1 Å². The minimum atomic E-state index is -0.375. The first-order valence-corrected chi connectivity index (χ1v) is 9.34. The minimum absolute atomic E-state index is 0.170. The number of amides is 3. The van der Waals surface area contributed by atoms with E-state index in [1.54, 1.807) is 41.3 Å². The third-order valence-electron chi connectivity index (χ3n) is 4.65. The summed E-state index contributed by atoms with van der Waals surface area (Å²) >= 11 is 0. The summed E-state index contributed by atoms with van der Waals surface area (Å²) in [6, 6.07) is 14.1. The van der Waals surface area contributed by atoms with E-state index < -0.39 is 0 Å². The molecule has 1 saturated heterocycles. The molecule has 8 heteroatoms. The molecular formula is C21H24N4O4. The van der Waals surface area contributed by atoms with E-state index in [2.05, 4.69) is 15.5 Å². The Labute approximate surface area is 169 Å². The van der Waals surface area contributed by atoms with Gasteiger partial charge in [-0.3, -0.25) is 4.79 Å². The van der Waals surface area contributed by atoms with E-state index >= 15 is 0 Å². The van der Waals surface area contributed by atoms with Crippen LogP contribution >= 0.6 is 0 Å². The van der Waals surface area contributed by atoms with Crippen molar-refractivity contribution in [3.8, 4) is 0 Å². The van der Waals surface area contributed by atoms with Crippen molar-refractivity contribution in [2.75, 3.05) is 48.8 Å². The molecule has 152 valence electrons. The third kappa shape index (κ3) is 5.04. The molecular weight excluding hydrogens is 372 g/mol. The highest BCUT2D eigenvalue weighted by molar-refractivity contribution is 5.96. The number of methoxy groups -OCH3 is 1. The Kier molecular flexibility index (Phi) is 6.33. The second-order valence-corrected chi connectivity index (χ2v) is 6.67. The number of ether oxygens (including phenoxy) is 1. The van der Waals surface area contributed by atoms with Crippen LogP contribution in [0.3, 0.4) is 0 Å². The van der Waals surface area contributed by atoms with Gasteiger partial charge in [0.1, 0.15) is 0 Å².